The number of rotatable bonds is 8. The van der Waals surface area contributed by atoms with Crippen LogP contribution in [0.2, 0.25) is 0 Å². The molecule has 0 atom stereocenters. The highest BCUT2D eigenvalue weighted by molar-refractivity contribution is 5.83. The van der Waals surface area contributed by atoms with Gasteiger partial charge in [0.15, 0.2) is 6.61 Å². The number of halogens is 4. The van der Waals surface area contributed by atoms with Gasteiger partial charge in [0, 0.05) is 0 Å². The Kier molecular flexibility index (Phi) is 6.54. The average Bonchev–Trinajstić information content (AvgIpc) is 2.62. The van der Waals surface area contributed by atoms with Crippen molar-refractivity contribution in [1.29, 1.82) is 0 Å². The number of ether oxygens (including phenoxy) is 2. The number of carbonyl (C=O) groups excluding carboxylic acids is 2. The van der Waals surface area contributed by atoms with Crippen LogP contribution < -0.4 is 0 Å². The van der Waals surface area contributed by atoms with Crippen molar-refractivity contribution in [2.24, 2.45) is 0 Å². The first-order valence-electron chi connectivity index (χ1n) is 7.73. The zero-order valence-corrected chi connectivity index (χ0v) is 13.6. The number of hydrogen-bond acceptors (Lipinski definition) is 4. The number of hydrogen-bond donors (Lipinski definition) is 0. The maximum atomic E-state index is 12.6. The second kappa shape index (κ2) is 8.64. The predicted molar refractivity (Wildman–Crippen MR) is 84.9 cm³/mol. The van der Waals surface area contributed by atoms with Gasteiger partial charge in [-0.2, -0.15) is 8.78 Å². The molecule has 0 heterocycles. The summed E-state index contributed by atoms with van der Waals surface area (Å²) in [6.07, 6.45) is -4.86. The minimum Gasteiger partial charge on any atom is -0.461 e. The van der Waals surface area contributed by atoms with Crippen LogP contribution in [0, 0.1) is 0 Å². The lowest BCUT2D eigenvalue weighted by Gasteiger charge is -2.14. The van der Waals surface area contributed by atoms with E-state index in [0.717, 1.165) is 16.3 Å². The normalized spacial score (nSPS) is 11.6. The Hall–Kier alpha value is -2.64. The van der Waals surface area contributed by atoms with Gasteiger partial charge in [-0.15, -0.1) is 0 Å². The van der Waals surface area contributed by atoms with E-state index in [1.807, 2.05) is 36.4 Å². The van der Waals surface area contributed by atoms with E-state index in [1.165, 1.54) is 0 Å². The monoisotopic (exact) mass is 372 g/mol. The summed E-state index contributed by atoms with van der Waals surface area (Å²) in [7, 11) is 0. The van der Waals surface area contributed by atoms with Gasteiger partial charge in [-0.1, -0.05) is 36.4 Å². The van der Waals surface area contributed by atoms with Gasteiger partial charge in [-0.05, 0) is 22.4 Å². The SMILES string of the molecule is O=C(CCC(=O)OCC(F)(F)C(F)F)OCc1ccc2ccccc2c1. The van der Waals surface area contributed by atoms with Crippen LogP contribution in [0.1, 0.15) is 18.4 Å². The van der Waals surface area contributed by atoms with Gasteiger partial charge in [-0.3, -0.25) is 9.59 Å². The van der Waals surface area contributed by atoms with Gasteiger partial charge in [0.25, 0.3) is 0 Å². The van der Waals surface area contributed by atoms with E-state index >= 15 is 0 Å². The molecule has 0 bridgehead atoms. The molecule has 8 heteroatoms. The van der Waals surface area contributed by atoms with Gasteiger partial charge in [0.2, 0.25) is 0 Å². The minimum absolute atomic E-state index is 0.0117. The van der Waals surface area contributed by atoms with Crippen LogP contribution in [0.3, 0.4) is 0 Å². The molecule has 26 heavy (non-hydrogen) atoms. The van der Waals surface area contributed by atoms with Gasteiger partial charge < -0.3 is 9.47 Å². The van der Waals surface area contributed by atoms with Crippen LogP contribution in [0.4, 0.5) is 17.6 Å². The van der Waals surface area contributed by atoms with E-state index < -0.39 is 43.7 Å². The predicted octanol–water partition coefficient (Wildman–Crippen LogP) is 4.11. The molecule has 4 nitrogen and oxygen atoms in total. The third-order valence-electron chi connectivity index (χ3n) is 3.49. The first kappa shape index (κ1) is 19.7. The third-order valence-corrected chi connectivity index (χ3v) is 3.49. The van der Waals surface area contributed by atoms with E-state index in [9.17, 15) is 27.2 Å². The molecule has 0 amide bonds. The average molecular weight is 372 g/mol. The van der Waals surface area contributed by atoms with E-state index in [0.29, 0.717) is 0 Å². The van der Waals surface area contributed by atoms with Crippen molar-refractivity contribution in [3.8, 4) is 0 Å². The van der Waals surface area contributed by atoms with E-state index in [4.69, 9.17) is 4.74 Å². The Morgan fingerprint density at radius 1 is 0.923 bits per heavy atom. The maximum absolute atomic E-state index is 12.6. The van der Waals surface area contributed by atoms with Crippen LogP contribution in [0.25, 0.3) is 10.8 Å². The smallest absolute Gasteiger partial charge is 0.340 e. The molecule has 2 rings (SSSR count). The van der Waals surface area contributed by atoms with Crippen molar-refractivity contribution in [3.05, 3.63) is 48.0 Å². The van der Waals surface area contributed by atoms with Crippen molar-refractivity contribution in [2.45, 2.75) is 31.8 Å². The fourth-order valence-electron chi connectivity index (χ4n) is 2.08. The van der Waals surface area contributed by atoms with Gasteiger partial charge in [-0.25, -0.2) is 8.78 Å². The number of benzene rings is 2. The fraction of sp³-hybridized carbons (Fsp3) is 0.333. The number of carbonyl (C=O) groups is 2. The summed E-state index contributed by atoms with van der Waals surface area (Å²) < 4.78 is 58.1. The molecule has 0 radical (unpaired) electrons. The van der Waals surface area contributed by atoms with Crippen molar-refractivity contribution in [2.75, 3.05) is 6.61 Å². The highest BCUT2D eigenvalue weighted by atomic mass is 19.3. The molecule has 0 aliphatic heterocycles. The summed E-state index contributed by atoms with van der Waals surface area (Å²) in [6.45, 7) is -1.74. The Morgan fingerprint density at radius 2 is 1.54 bits per heavy atom. The summed E-state index contributed by atoms with van der Waals surface area (Å²) in [5.41, 5.74) is 0.746. The fourth-order valence-corrected chi connectivity index (χ4v) is 2.08. The maximum Gasteiger partial charge on any atom is 0.340 e. The Morgan fingerprint density at radius 3 is 2.19 bits per heavy atom. The molecule has 0 fully saturated rings. The summed E-state index contributed by atoms with van der Waals surface area (Å²) in [4.78, 5) is 22.8. The molecule has 0 aliphatic rings. The van der Waals surface area contributed by atoms with Crippen LogP contribution in [-0.2, 0) is 25.7 Å². The first-order valence-corrected chi connectivity index (χ1v) is 7.73. The summed E-state index contributed by atoms with van der Waals surface area (Å²) in [6, 6.07) is 13.1. The van der Waals surface area contributed by atoms with Gasteiger partial charge >= 0.3 is 24.3 Å². The van der Waals surface area contributed by atoms with Crippen LogP contribution in [0.15, 0.2) is 42.5 Å². The standard InChI is InChI=1S/C18H16F4O4/c19-17(20)18(21,22)11-26-16(24)8-7-15(23)25-10-12-5-6-13-3-1-2-4-14(13)9-12/h1-6,9,17H,7-8,10-11H2. The van der Waals surface area contributed by atoms with Crippen LogP contribution in [0.5, 0.6) is 0 Å². The van der Waals surface area contributed by atoms with Crippen molar-refractivity contribution in [1.82, 2.24) is 0 Å². The first-order chi connectivity index (χ1) is 12.3. The molecule has 0 spiro atoms. The molecule has 2 aromatic rings. The Balaban J connectivity index is 1.73. The van der Waals surface area contributed by atoms with Gasteiger partial charge in [0.1, 0.15) is 6.61 Å². The second-order valence-corrected chi connectivity index (χ2v) is 5.56. The number of alkyl halides is 4. The lowest BCUT2D eigenvalue weighted by Crippen LogP contribution is -2.33. The van der Waals surface area contributed by atoms with Crippen LogP contribution in [-0.4, -0.2) is 30.9 Å². The molecule has 0 N–H and O–H groups in total. The summed E-state index contributed by atoms with van der Waals surface area (Å²) >= 11 is 0. The molecule has 0 aromatic heterocycles. The summed E-state index contributed by atoms with van der Waals surface area (Å²) in [5.74, 6) is -6.31. The molecular weight excluding hydrogens is 356 g/mol. The molecule has 0 saturated heterocycles. The molecular formula is C18H16F4O4. The minimum atomic E-state index is -4.41. The highest BCUT2D eigenvalue weighted by Crippen LogP contribution is 2.23. The van der Waals surface area contributed by atoms with E-state index in [2.05, 4.69) is 4.74 Å². The molecule has 0 aliphatic carbocycles. The molecule has 140 valence electrons. The largest absolute Gasteiger partial charge is 0.461 e. The lowest BCUT2D eigenvalue weighted by atomic mass is 10.1. The van der Waals surface area contributed by atoms with Crippen molar-refractivity contribution >= 4 is 22.7 Å². The van der Waals surface area contributed by atoms with Crippen LogP contribution >= 0.6 is 0 Å². The van der Waals surface area contributed by atoms with E-state index in [1.54, 1.807) is 6.07 Å². The molecule has 2 aromatic carbocycles. The number of esters is 2. The van der Waals surface area contributed by atoms with Crippen molar-refractivity contribution in [3.63, 3.8) is 0 Å². The Labute approximate surface area is 146 Å². The van der Waals surface area contributed by atoms with Gasteiger partial charge in [0.05, 0.1) is 12.8 Å². The van der Waals surface area contributed by atoms with Crippen molar-refractivity contribution < 1.29 is 36.6 Å². The Bertz CT molecular complexity index is 777. The zero-order chi connectivity index (χ0) is 19.2. The third kappa shape index (κ3) is 5.72. The molecule has 0 saturated carbocycles. The van der Waals surface area contributed by atoms with E-state index in [-0.39, 0.29) is 6.61 Å². The zero-order valence-electron chi connectivity index (χ0n) is 13.6. The highest BCUT2D eigenvalue weighted by Gasteiger charge is 2.42. The second-order valence-electron chi connectivity index (χ2n) is 5.56. The molecule has 0 unspecified atom stereocenters. The topological polar surface area (TPSA) is 52.6 Å². The lowest BCUT2D eigenvalue weighted by molar-refractivity contribution is -0.180. The number of fused-ring (bicyclic) bond motifs is 1. The summed E-state index contributed by atoms with van der Waals surface area (Å²) in [5, 5.41) is 2.01. The quantitative estimate of drug-likeness (QED) is 0.517.